The van der Waals surface area contributed by atoms with Gasteiger partial charge in [0.15, 0.2) is 5.01 Å². The number of benzene rings is 3. The molecule has 9 heteroatoms. The van der Waals surface area contributed by atoms with Gasteiger partial charge in [-0.3, -0.25) is 5.32 Å². The van der Waals surface area contributed by atoms with E-state index in [1.807, 2.05) is 30.3 Å². The molecule has 4 rings (SSSR count). The van der Waals surface area contributed by atoms with Crippen molar-refractivity contribution < 1.29 is 13.6 Å². The van der Waals surface area contributed by atoms with E-state index in [0.717, 1.165) is 10.5 Å². The number of carbonyl (C=O) groups is 1. The fourth-order valence-electron chi connectivity index (χ4n) is 2.72. The third-order valence-corrected chi connectivity index (χ3v) is 6.20. The minimum Gasteiger partial charge on any atom is -0.308 e. The van der Waals surface area contributed by atoms with Crippen LogP contribution in [-0.4, -0.2) is 16.2 Å². The Balaban J connectivity index is 1.44. The molecular weight excluding hydrogens is 438 g/mol. The molecular formula is C22H16F2N4OS2. The van der Waals surface area contributed by atoms with Gasteiger partial charge in [-0.05, 0) is 42.0 Å². The molecule has 0 bridgehead atoms. The van der Waals surface area contributed by atoms with Crippen LogP contribution in [0, 0.1) is 11.6 Å². The average Bonchev–Trinajstić information content (AvgIpc) is 3.23. The van der Waals surface area contributed by atoms with Gasteiger partial charge in [0.25, 0.3) is 0 Å². The Kier molecular flexibility index (Phi) is 6.54. The maximum Gasteiger partial charge on any atom is 0.325 e. The molecule has 1 aromatic heterocycles. The summed E-state index contributed by atoms with van der Waals surface area (Å²) in [4.78, 5) is 13.1. The lowest BCUT2D eigenvalue weighted by Crippen LogP contribution is -2.19. The van der Waals surface area contributed by atoms with Gasteiger partial charge in [0, 0.05) is 21.9 Å². The smallest absolute Gasteiger partial charge is 0.308 e. The summed E-state index contributed by atoms with van der Waals surface area (Å²) in [5, 5.41) is 14.4. The summed E-state index contributed by atoms with van der Waals surface area (Å²) in [5.74, 6) is -0.137. The van der Waals surface area contributed by atoms with Gasteiger partial charge in [-0.2, -0.15) is 0 Å². The third-order valence-electron chi connectivity index (χ3n) is 4.21. The number of anilines is 2. The summed E-state index contributed by atoms with van der Waals surface area (Å²) in [7, 11) is 0. The zero-order valence-electron chi connectivity index (χ0n) is 16.0. The molecule has 4 aromatic rings. The van der Waals surface area contributed by atoms with Crippen molar-refractivity contribution in [3.05, 3.63) is 90.0 Å². The first-order valence-electron chi connectivity index (χ1n) is 9.21. The maximum atomic E-state index is 13.9. The fraction of sp³-hybridized carbons (Fsp3) is 0.0455. The normalized spacial score (nSPS) is 10.6. The predicted molar refractivity (Wildman–Crippen MR) is 120 cm³/mol. The molecule has 0 atom stereocenters. The lowest BCUT2D eigenvalue weighted by molar-refractivity contribution is 0.262. The van der Waals surface area contributed by atoms with Gasteiger partial charge in [0.1, 0.15) is 11.6 Å². The van der Waals surface area contributed by atoms with Crippen LogP contribution < -0.4 is 10.6 Å². The highest BCUT2D eigenvalue weighted by molar-refractivity contribution is 7.98. The number of rotatable bonds is 6. The molecule has 5 nitrogen and oxygen atoms in total. The Morgan fingerprint density at radius 3 is 2.45 bits per heavy atom. The van der Waals surface area contributed by atoms with Crippen LogP contribution in [0.2, 0.25) is 0 Å². The SMILES string of the molecule is O=C(Nc1ccc(F)cc1)Nc1nnc(-c2ccccc2SCc2ccccc2F)s1. The van der Waals surface area contributed by atoms with E-state index in [-0.39, 0.29) is 11.6 Å². The summed E-state index contributed by atoms with van der Waals surface area (Å²) in [6.07, 6.45) is 0. The van der Waals surface area contributed by atoms with E-state index in [0.29, 0.717) is 27.1 Å². The van der Waals surface area contributed by atoms with Crippen molar-refractivity contribution >= 4 is 39.9 Å². The predicted octanol–water partition coefficient (Wildman–Crippen LogP) is 6.42. The van der Waals surface area contributed by atoms with Crippen molar-refractivity contribution in [1.82, 2.24) is 10.2 Å². The second-order valence-corrected chi connectivity index (χ2v) is 8.37. The Hall–Kier alpha value is -3.30. The Labute approximate surface area is 185 Å². The highest BCUT2D eigenvalue weighted by Crippen LogP contribution is 2.36. The van der Waals surface area contributed by atoms with Crippen molar-refractivity contribution in [3.63, 3.8) is 0 Å². The maximum absolute atomic E-state index is 13.9. The number of amides is 2. The molecule has 0 aliphatic rings. The minimum atomic E-state index is -0.503. The van der Waals surface area contributed by atoms with Gasteiger partial charge >= 0.3 is 6.03 Å². The Morgan fingerprint density at radius 2 is 1.65 bits per heavy atom. The van der Waals surface area contributed by atoms with Crippen molar-refractivity contribution in [2.75, 3.05) is 10.6 Å². The van der Waals surface area contributed by atoms with E-state index in [1.54, 1.807) is 12.1 Å². The van der Waals surface area contributed by atoms with Crippen molar-refractivity contribution in [1.29, 1.82) is 0 Å². The van der Waals surface area contributed by atoms with Crippen LogP contribution in [-0.2, 0) is 5.75 Å². The lowest BCUT2D eigenvalue weighted by Gasteiger charge is -2.07. The van der Waals surface area contributed by atoms with E-state index in [1.165, 1.54) is 53.4 Å². The zero-order valence-corrected chi connectivity index (χ0v) is 17.6. The topological polar surface area (TPSA) is 66.9 Å². The molecule has 0 fully saturated rings. The molecule has 31 heavy (non-hydrogen) atoms. The summed E-state index contributed by atoms with van der Waals surface area (Å²) in [5.41, 5.74) is 1.94. The molecule has 0 unspecified atom stereocenters. The van der Waals surface area contributed by atoms with Crippen molar-refractivity contribution in [2.45, 2.75) is 10.6 Å². The number of hydrogen-bond acceptors (Lipinski definition) is 5. The number of hydrogen-bond donors (Lipinski definition) is 2. The van der Waals surface area contributed by atoms with Gasteiger partial charge in [0.05, 0.1) is 0 Å². The first kappa shape index (κ1) is 21.0. The van der Waals surface area contributed by atoms with Crippen LogP contribution in [0.4, 0.5) is 24.4 Å². The Morgan fingerprint density at radius 1 is 0.903 bits per heavy atom. The van der Waals surface area contributed by atoms with E-state index >= 15 is 0 Å². The fourth-order valence-corrected chi connectivity index (χ4v) is 4.60. The monoisotopic (exact) mass is 454 g/mol. The van der Waals surface area contributed by atoms with Gasteiger partial charge in [0.2, 0.25) is 5.13 Å². The van der Waals surface area contributed by atoms with Crippen LogP contribution in [0.15, 0.2) is 77.7 Å². The second kappa shape index (κ2) is 9.67. The summed E-state index contributed by atoms with van der Waals surface area (Å²) < 4.78 is 26.9. The molecule has 2 amide bonds. The molecule has 2 N–H and O–H groups in total. The highest BCUT2D eigenvalue weighted by atomic mass is 32.2. The van der Waals surface area contributed by atoms with Crippen LogP contribution in [0.1, 0.15) is 5.56 Å². The van der Waals surface area contributed by atoms with Gasteiger partial charge < -0.3 is 5.32 Å². The molecule has 156 valence electrons. The van der Waals surface area contributed by atoms with Gasteiger partial charge in [-0.15, -0.1) is 22.0 Å². The number of halogens is 2. The molecule has 0 aliphatic heterocycles. The molecule has 0 radical (unpaired) electrons. The van der Waals surface area contributed by atoms with Crippen LogP contribution in [0.5, 0.6) is 0 Å². The molecule has 0 spiro atoms. The van der Waals surface area contributed by atoms with Gasteiger partial charge in [-0.25, -0.2) is 13.6 Å². The molecule has 0 saturated heterocycles. The van der Waals surface area contributed by atoms with E-state index < -0.39 is 6.03 Å². The van der Waals surface area contributed by atoms with Gasteiger partial charge in [-0.1, -0.05) is 47.7 Å². The quantitative estimate of drug-likeness (QED) is 0.330. The lowest BCUT2D eigenvalue weighted by atomic mass is 10.2. The molecule has 0 aliphatic carbocycles. The minimum absolute atomic E-state index is 0.234. The van der Waals surface area contributed by atoms with E-state index in [2.05, 4.69) is 20.8 Å². The number of nitrogens with one attached hydrogen (secondary N) is 2. The molecule has 3 aromatic carbocycles. The second-order valence-electron chi connectivity index (χ2n) is 6.37. The van der Waals surface area contributed by atoms with Crippen LogP contribution in [0.3, 0.4) is 0 Å². The summed E-state index contributed by atoms with van der Waals surface area (Å²) in [6, 6.07) is 19.3. The summed E-state index contributed by atoms with van der Waals surface area (Å²) in [6.45, 7) is 0. The standard InChI is InChI=1S/C22H16F2N4OS2/c23-15-9-11-16(12-10-15)25-21(29)26-22-28-27-20(31-22)17-6-2-4-8-19(17)30-13-14-5-1-3-7-18(14)24/h1-12H,13H2,(H2,25,26,28,29). The summed E-state index contributed by atoms with van der Waals surface area (Å²) >= 11 is 2.73. The van der Waals surface area contributed by atoms with Crippen molar-refractivity contribution in [2.24, 2.45) is 0 Å². The third kappa shape index (κ3) is 5.44. The van der Waals surface area contributed by atoms with Crippen molar-refractivity contribution in [3.8, 4) is 10.6 Å². The molecule has 0 saturated carbocycles. The number of thioether (sulfide) groups is 1. The zero-order chi connectivity index (χ0) is 21.6. The molecule has 1 heterocycles. The number of urea groups is 1. The largest absolute Gasteiger partial charge is 0.325 e. The number of aromatic nitrogens is 2. The van der Waals surface area contributed by atoms with Crippen LogP contribution in [0.25, 0.3) is 10.6 Å². The average molecular weight is 455 g/mol. The highest BCUT2D eigenvalue weighted by Gasteiger charge is 2.14. The van der Waals surface area contributed by atoms with E-state index in [9.17, 15) is 13.6 Å². The van der Waals surface area contributed by atoms with E-state index in [4.69, 9.17) is 0 Å². The number of carbonyl (C=O) groups excluding carboxylic acids is 1. The first-order valence-corrected chi connectivity index (χ1v) is 11.0. The van der Waals surface area contributed by atoms with Crippen LogP contribution >= 0.6 is 23.1 Å². The number of nitrogens with zero attached hydrogens (tertiary/aromatic N) is 2. The first-order chi connectivity index (χ1) is 15.1. The Bertz CT molecular complexity index is 1200.